The van der Waals surface area contributed by atoms with Gasteiger partial charge in [0.1, 0.15) is 0 Å². The van der Waals surface area contributed by atoms with Crippen LogP contribution in [0.4, 0.5) is 23.2 Å². The summed E-state index contributed by atoms with van der Waals surface area (Å²) >= 11 is -2.01. The standard InChI is InChI=1S/C27H25AsF4N4O/c1-2-14-28(19-9-4-3-5-10-19)21-12-7-13-22(25(21)29)34-26(37)23-16-24(27(30,31)32)35-36(23)20-11-6-8-18(15-20)17-33/h3-13,15-16H,2,14,17,33H2,1H3,(H,34,37). The van der Waals surface area contributed by atoms with Crippen LogP contribution in [0.25, 0.3) is 5.69 Å². The Morgan fingerprint density at radius 2 is 1.76 bits per heavy atom. The van der Waals surface area contributed by atoms with Crippen molar-refractivity contribution in [2.75, 3.05) is 5.32 Å². The molecule has 1 amide bonds. The molecule has 4 rings (SSSR count). The van der Waals surface area contributed by atoms with Crippen molar-refractivity contribution in [3.63, 3.8) is 0 Å². The SMILES string of the molecule is CCC[As](c1ccccc1)c1cccc(NC(=O)c2cc(C(F)(F)F)nn2-c2cccc(CN)c2)c1F. The van der Waals surface area contributed by atoms with Crippen molar-refractivity contribution in [1.82, 2.24) is 9.78 Å². The van der Waals surface area contributed by atoms with Gasteiger partial charge in [-0.25, -0.2) is 0 Å². The molecule has 0 aliphatic heterocycles. The fourth-order valence-electron chi connectivity index (χ4n) is 3.92. The molecular weight excluding hydrogens is 547 g/mol. The number of benzene rings is 3. The summed E-state index contributed by atoms with van der Waals surface area (Å²) in [6.07, 6.45) is -3.90. The van der Waals surface area contributed by atoms with Crippen molar-refractivity contribution in [2.45, 2.75) is 31.3 Å². The van der Waals surface area contributed by atoms with Crippen LogP contribution < -0.4 is 19.8 Å². The van der Waals surface area contributed by atoms with Crippen LogP contribution in [0.15, 0.2) is 78.9 Å². The van der Waals surface area contributed by atoms with Gasteiger partial charge in [0.15, 0.2) is 0 Å². The third-order valence-electron chi connectivity index (χ3n) is 5.66. The summed E-state index contributed by atoms with van der Waals surface area (Å²) in [5.74, 6) is -1.48. The van der Waals surface area contributed by atoms with Gasteiger partial charge in [-0.05, 0) is 0 Å². The number of anilines is 1. The van der Waals surface area contributed by atoms with Gasteiger partial charge in [-0.15, -0.1) is 0 Å². The predicted octanol–water partition coefficient (Wildman–Crippen LogP) is 4.76. The summed E-state index contributed by atoms with van der Waals surface area (Å²) in [5.41, 5.74) is 4.85. The first-order chi connectivity index (χ1) is 17.7. The number of rotatable bonds is 8. The number of carbonyl (C=O) groups excluding carboxylic acids is 1. The number of nitrogens with one attached hydrogen (secondary N) is 1. The van der Waals surface area contributed by atoms with Crippen LogP contribution in [-0.4, -0.2) is 30.3 Å². The van der Waals surface area contributed by atoms with Gasteiger partial charge in [-0.3, -0.25) is 0 Å². The van der Waals surface area contributed by atoms with Crippen molar-refractivity contribution >= 4 is 34.9 Å². The van der Waals surface area contributed by atoms with E-state index in [1.54, 1.807) is 30.3 Å². The van der Waals surface area contributed by atoms with E-state index >= 15 is 4.39 Å². The molecule has 1 unspecified atom stereocenters. The fourth-order valence-corrected chi connectivity index (χ4v) is 8.92. The van der Waals surface area contributed by atoms with Crippen LogP contribution in [0.3, 0.4) is 0 Å². The normalized spacial score (nSPS) is 12.4. The Bertz CT molecular complexity index is 1390. The average molecular weight is 572 g/mol. The minimum atomic E-state index is -4.77. The average Bonchev–Trinajstić information content (AvgIpc) is 3.36. The first kappa shape index (κ1) is 26.6. The van der Waals surface area contributed by atoms with Gasteiger partial charge in [0.05, 0.1) is 0 Å². The van der Waals surface area contributed by atoms with Crippen LogP contribution in [0.1, 0.15) is 35.1 Å². The second-order valence-corrected chi connectivity index (χ2v) is 13.1. The van der Waals surface area contributed by atoms with Crippen LogP contribution in [0, 0.1) is 5.82 Å². The van der Waals surface area contributed by atoms with E-state index in [-0.39, 0.29) is 23.6 Å². The van der Waals surface area contributed by atoms with Gasteiger partial charge >= 0.3 is 217 Å². The fraction of sp³-hybridized carbons (Fsp3) is 0.185. The second kappa shape index (κ2) is 11.3. The number of hydrogen-bond donors (Lipinski definition) is 2. The number of aromatic nitrogens is 2. The summed E-state index contributed by atoms with van der Waals surface area (Å²) in [5, 5.41) is 6.92. The van der Waals surface area contributed by atoms with E-state index in [0.717, 1.165) is 20.7 Å². The van der Waals surface area contributed by atoms with Crippen molar-refractivity contribution in [3.05, 3.63) is 102 Å². The van der Waals surface area contributed by atoms with Gasteiger partial charge in [0.2, 0.25) is 0 Å². The van der Waals surface area contributed by atoms with Gasteiger partial charge < -0.3 is 0 Å². The molecule has 0 fully saturated rings. The Morgan fingerprint density at radius 3 is 2.43 bits per heavy atom. The summed E-state index contributed by atoms with van der Waals surface area (Å²) in [6.45, 7) is 2.19. The molecule has 192 valence electrons. The van der Waals surface area contributed by atoms with E-state index in [9.17, 15) is 18.0 Å². The quantitative estimate of drug-likeness (QED) is 0.236. The molecule has 0 radical (unpaired) electrons. The molecule has 0 aliphatic carbocycles. The zero-order valence-electron chi connectivity index (χ0n) is 20.0. The monoisotopic (exact) mass is 572 g/mol. The Morgan fingerprint density at radius 1 is 1.03 bits per heavy atom. The Hall–Kier alpha value is -3.42. The molecule has 37 heavy (non-hydrogen) atoms. The van der Waals surface area contributed by atoms with Crippen molar-refractivity contribution < 1.29 is 22.4 Å². The van der Waals surface area contributed by atoms with E-state index in [1.165, 1.54) is 12.1 Å². The first-order valence-corrected chi connectivity index (χ1v) is 14.8. The Balaban J connectivity index is 1.72. The van der Waals surface area contributed by atoms with Crippen LogP contribution in [0.5, 0.6) is 0 Å². The molecule has 0 saturated heterocycles. The molecule has 1 aromatic heterocycles. The molecule has 0 saturated carbocycles. The maximum absolute atomic E-state index is 15.7. The van der Waals surface area contributed by atoms with Gasteiger partial charge in [-0.1, -0.05) is 0 Å². The molecule has 0 aliphatic rings. The van der Waals surface area contributed by atoms with Gasteiger partial charge in [0, 0.05) is 0 Å². The number of halogens is 4. The van der Waals surface area contributed by atoms with Crippen molar-refractivity contribution in [3.8, 4) is 5.69 Å². The summed E-state index contributed by atoms with van der Waals surface area (Å²) in [7, 11) is 0. The van der Waals surface area contributed by atoms with E-state index < -0.39 is 38.2 Å². The van der Waals surface area contributed by atoms with Crippen LogP contribution >= 0.6 is 0 Å². The molecule has 1 atom stereocenters. The number of hydrogen-bond acceptors (Lipinski definition) is 3. The van der Waals surface area contributed by atoms with E-state index in [0.29, 0.717) is 16.0 Å². The van der Waals surface area contributed by atoms with E-state index in [4.69, 9.17) is 5.73 Å². The van der Waals surface area contributed by atoms with E-state index in [1.807, 2.05) is 37.3 Å². The second-order valence-electron chi connectivity index (χ2n) is 8.28. The molecule has 5 nitrogen and oxygen atoms in total. The van der Waals surface area contributed by atoms with Crippen molar-refractivity contribution in [2.24, 2.45) is 5.73 Å². The first-order valence-electron chi connectivity index (χ1n) is 11.6. The van der Waals surface area contributed by atoms with Crippen molar-refractivity contribution in [1.29, 1.82) is 0 Å². The van der Waals surface area contributed by atoms with E-state index in [2.05, 4.69) is 10.4 Å². The molecule has 10 heteroatoms. The summed E-state index contributed by atoms with van der Waals surface area (Å²) in [6, 6.07) is 21.5. The third kappa shape index (κ3) is 5.95. The summed E-state index contributed by atoms with van der Waals surface area (Å²) < 4.78 is 58.7. The number of alkyl halides is 3. The topological polar surface area (TPSA) is 72.9 Å². The molecule has 1 heterocycles. The number of amides is 1. The molecule has 0 bridgehead atoms. The molecule has 0 spiro atoms. The molecule has 4 aromatic rings. The molecule has 3 N–H and O–H groups in total. The maximum atomic E-state index is 15.7. The predicted molar refractivity (Wildman–Crippen MR) is 137 cm³/mol. The Labute approximate surface area is 216 Å². The van der Waals surface area contributed by atoms with Crippen LogP contribution in [-0.2, 0) is 12.7 Å². The molecule has 3 aromatic carbocycles. The Kier molecular flexibility index (Phi) is 8.15. The number of carbonyl (C=O) groups is 1. The number of nitrogens with zero attached hydrogens (tertiary/aromatic N) is 2. The number of nitrogens with two attached hydrogens (primary N) is 1. The zero-order chi connectivity index (χ0) is 26.6. The third-order valence-corrected chi connectivity index (χ3v) is 11.4. The molecular formula is C27H25AsF4N4O. The van der Waals surface area contributed by atoms with Gasteiger partial charge in [0.25, 0.3) is 0 Å². The minimum absolute atomic E-state index is 0.0917. The zero-order valence-corrected chi connectivity index (χ0v) is 21.8. The van der Waals surface area contributed by atoms with Crippen LogP contribution in [0.2, 0.25) is 5.21 Å². The van der Waals surface area contributed by atoms with Gasteiger partial charge in [-0.2, -0.15) is 0 Å². The summed E-state index contributed by atoms with van der Waals surface area (Å²) in [4.78, 5) is 13.2.